The summed E-state index contributed by atoms with van der Waals surface area (Å²) in [5.74, 6) is -0.232. The van der Waals surface area contributed by atoms with Gasteiger partial charge in [0.15, 0.2) is 5.82 Å². The zero-order valence-electron chi connectivity index (χ0n) is 12.6. The minimum absolute atomic E-state index is 0.00730. The van der Waals surface area contributed by atoms with Crippen LogP contribution >= 0.6 is 11.8 Å². The molecule has 1 amide bonds. The third-order valence-corrected chi connectivity index (χ3v) is 3.82. The third kappa shape index (κ3) is 3.88. The van der Waals surface area contributed by atoms with Crippen LogP contribution in [0.1, 0.15) is 15.9 Å². The number of rotatable bonds is 5. The van der Waals surface area contributed by atoms with Crippen molar-refractivity contribution in [1.29, 1.82) is 0 Å². The summed E-state index contributed by atoms with van der Waals surface area (Å²) in [6, 6.07) is 7.37. The molecule has 7 heteroatoms. The van der Waals surface area contributed by atoms with Crippen LogP contribution in [0.4, 0.5) is 5.82 Å². The lowest BCUT2D eigenvalue weighted by Crippen LogP contribution is -2.15. The van der Waals surface area contributed by atoms with E-state index in [0.29, 0.717) is 11.4 Å². The van der Waals surface area contributed by atoms with Gasteiger partial charge in [-0.05, 0) is 30.9 Å². The predicted molar refractivity (Wildman–Crippen MR) is 85.2 cm³/mol. The monoisotopic (exact) mass is 319 g/mol. The number of carbonyl (C=O) groups is 2. The van der Waals surface area contributed by atoms with Crippen molar-refractivity contribution in [3.63, 3.8) is 0 Å². The number of benzene rings is 1. The second-order valence-corrected chi connectivity index (χ2v) is 5.49. The van der Waals surface area contributed by atoms with E-state index in [4.69, 9.17) is 0 Å². The number of anilines is 1. The summed E-state index contributed by atoms with van der Waals surface area (Å²) >= 11 is 1.58. The Morgan fingerprint density at radius 1 is 1.36 bits per heavy atom. The second kappa shape index (κ2) is 7.13. The van der Waals surface area contributed by atoms with Crippen molar-refractivity contribution < 1.29 is 14.3 Å². The van der Waals surface area contributed by atoms with Crippen LogP contribution in [0.15, 0.2) is 35.4 Å². The second-order valence-electron chi connectivity index (χ2n) is 4.61. The summed E-state index contributed by atoms with van der Waals surface area (Å²) in [5.41, 5.74) is 1.50. The van der Waals surface area contributed by atoms with Crippen LogP contribution in [-0.2, 0) is 16.1 Å². The van der Waals surface area contributed by atoms with Gasteiger partial charge >= 0.3 is 5.97 Å². The van der Waals surface area contributed by atoms with Gasteiger partial charge < -0.3 is 10.1 Å². The molecule has 2 aromatic rings. The van der Waals surface area contributed by atoms with Crippen LogP contribution < -0.4 is 5.32 Å². The zero-order chi connectivity index (χ0) is 16.1. The van der Waals surface area contributed by atoms with Gasteiger partial charge in [-0.3, -0.25) is 14.3 Å². The lowest BCUT2D eigenvalue weighted by molar-refractivity contribution is -0.141. The number of carbonyl (C=O) groups excluding carboxylic acids is 2. The van der Waals surface area contributed by atoms with E-state index in [1.54, 1.807) is 24.0 Å². The topological polar surface area (TPSA) is 73.2 Å². The van der Waals surface area contributed by atoms with Crippen LogP contribution in [0.2, 0.25) is 0 Å². The number of aryl methyl sites for hydroxylation is 1. The molecule has 0 radical (unpaired) electrons. The Labute approximate surface area is 132 Å². The van der Waals surface area contributed by atoms with Gasteiger partial charge in [0.2, 0.25) is 0 Å². The highest BCUT2D eigenvalue weighted by atomic mass is 32.2. The van der Waals surface area contributed by atoms with Gasteiger partial charge in [-0.15, -0.1) is 11.8 Å². The van der Waals surface area contributed by atoms with Gasteiger partial charge in [0.25, 0.3) is 5.91 Å². The first kappa shape index (κ1) is 16.1. The first-order valence-corrected chi connectivity index (χ1v) is 7.82. The normalized spacial score (nSPS) is 10.3. The molecule has 0 aliphatic rings. The minimum atomic E-state index is -0.399. The van der Waals surface area contributed by atoms with Gasteiger partial charge in [-0.1, -0.05) is 6.07 Å². The highest BCUT2D eigenvalue weighted by Gasteiger charge is 2.12. The van der Waals surface area contributed by atoms with Crippen molar-refractivity contribution >= 4 is 29.5 Å². The molecule has 0 saturated heterocycles. The molecule has 0 bridgehead atoms. The smallest absolute Gasteiger partial charge is 0.327 e. The number of nitrogens with one attached hydrogen (secondary N) is 1. The van der Waals surface area contributed by atoms with Crippen LogP contribution in [0.5, 0.6) is 0 Å². The fourth-order valence-corrected chi connectivity index (χ4v) is 2.31. The predicted octanol–water partition coefficient (Wildman–Crippen LogP) is 2.34. The summed E-state index contributed by atoms with van der Waals surface area (Å²) in [7, 11) is 1.32. The van der Waals surface area contributed by atoms with Crippen LogP contribution in [0, 0.1) is 6.92 Å². The molecule has 1 heterocycles. The van der Waals surface area contributed by atoms with E-state index in [9.17, 15) is 9.59 Å². The van der Waals surface area contributed by atoms with Gasteiger partial charge in [0, 0.05) is 22.7 Å². The highest BCUT2D eigenvalue weighted by Crippen LogP contribution is 2.20. The molecule has 0 unspecified atom stereocenters. The summed E-state index contributed by atoms with van der Waals surface area (Å²) in [5, 5.41) is 6.84. The van der Waals surface area contributed by atoms with Gasteiger partial charge in [0.05, 0.1) is 7.11 Å². The SMILES string of the molecule is COC(=O)Cn1ccc(NC(=O)c2cc(SC)ccc2C)n1. The molecule has 0 saturated carbocycles. The first-order chi connectivity index (χ1) is 10.5. The molecule has 6 nitrogen and oxygen atoms in total. The van der Waals surface area contributed by atoms with E-state index >= 15 is 0 Å². The summed E-state index contributed by atoms with van der Waals surface area (Å²) < 4.78 is 5.97. The van der Waals surface area contributed by atoms with Crippen molar-refractivity contribution in [2.24, 2.45) is 0 Å². The Morgan fingerprint density at radius 2 is 2.14 bits per heavy atom. The molecule has 1 aromatic carbocycles. The molecular weight excluding hydrogens is 302 g/mol. The largest absolute Gasteiger partial charge is 0.468 e. The van der Waals surface area contributed by atoms with E-state index in [-0.39, 0.29) is 12.5 Å². The number of ether oxygens (including phenoxy) is 1. The summed E-state index contributed by atoms with van der Waals surface area (Å²) in [4.78, 5) is 24.5. The Morgan fingerprint density at radius 3 is 2.82 bits per heavy atom. The van der Waals surface area contributed by atoms with Crippen LogP contribution in [-0.4, -0.2) is 35.0 Å². The quantitative estimate of drug-likeness (QED) is 0.676. The number of nitrogens with zero attached hydrogens (tertiary/aromatic N) is 2. The van der Waals surface area contributed by atoms with E-state index in [2.05, 4.69) is 15.2 Å². The molecule has 1 aromatic heterocycles. The number of hydrogen-bond donors (Lipinski definition) is 1. The van der Waals surface area contributed by atoms with Crippen LogP contribution in [0.25, 0.3) is 0 Å². The van der Waals surface area contributed by atoms with E-state index in [0.717, 1.165) is 10.5 Å². The first-order valence-electron chi connectivity index (χ1n) is 6.59. The van der Waals surface area contributed by atoms with Crippen molar-refractivity contribution in [2.45, 2.75) is 18.4 Å². The van der Waals surface area contributed by atoms with Gasteiger partial charge in [0.1, 0.15) is 6.54 Å². The molecule has 2 rings (SSSR count). The maximum atomic E-state index is 12.3. The minimum Gasteiger partial charge on any atom is -0.468 e. The average Bonchev–Trinajstić information content (AvgIpc) is 2.94. The molecule has 0 fully saturated rings. The summed E-state index contributed by atoms with van der Waals surface area (Å²) in [6.45, 7) is 1.89. The fourth-order valence-electron chi connectivity index (χ4n) is 1.87. The van der Waals surface area contributed by atoms with E-state index in [1.165, 1.54) is 11.8 Å². The maximum absolute atomic E-state index is 12.3. The molecule has 1 N–H and O–H groups in total. The molecular formula is C15H17N3O3S. The number of thioether (sulfide) groups is 1. The Kier molecular flexibility index (Phi) is 5.21. The molecule has 22 heavy (non-hydrogen) atoms. The Bertz CT molecular complexity index is 697. The summed E-state index contributed by atoms with van der Waals surface area (Å²) in [6.07, 6.45) is 3.57. The highest BCUT2D eigenvalue weighted by molar-refractivity contribution is 7.98. The average molecular weight is 319 g/mol. The molecule has 0 aliphatic heterocycles. The maximum Gasteiger partial charge on any atom is 0.327 e. The Balaban J connectivity index is 2.10. The number of methoxy groups -OCH3 is 1. The van der Waals surface area contributed by atoms with Crippen LogP contribution in [0.3, 0.4) is 0 Å². The Hall–Kier alpha value is -2.28. The number of amides is 1. The molecule has 0 spiro atoms. The lowest BCUT2D eigenvalue weighted by Gasteiger charge is -2.07. The number of hydrogen-bond acceptors (Lipinski definition) is 5. The molecule has 0 aliphatic carbocycles. The van der Waals surface area contributed by atoms with Crippen molar-refractivity contribution in [1.82, 2.24) is 9.78 Å². The molecule has 0 atom stereocenters. The van der Waals surface area contributed by atoms with Crippen molar-refractivity contribution in [3.8, 4) is 0 Å². The van der Waals surface area contributed by atoms with Gasteiger partial charge in [-0.2, -0.15) is 5.10 Å². The van der Waals surface area contributed by atoms with E-state index in [1.807, 2.05) is 31.4 Å². The molecule has 116 valence electrons. The zero-order valence-corrected chi connectivity index (χ0v) is 13.4. The third-order valence-electron chi connectivity index (χ3n) is 3.09. The van der Waals surface area contributed by atoms with Gasteiger partial charge in [-0.25, -0.2) is 0 Å². The van der Waals surface area contributed by atoms with Crippen molar-refractivity contribution in [2.75, 3.05) is 18.7 Å². The number of esters is 1. The van der Waals surface area contributed by atoms with Crippen molar-refractivity contribution in [3.05, 3.63) is 41.6 Å². The fraction of sp³-hybridized carbons (Fsp3) is 0.267. The lowest BCUT2D eigenvalue weighted by atomic mass is 10.1. The standard InChI is InChI=1S/C15H17N3O3S/c1-10-4-5-11(22-3)8-12(10)15(20)16-13-6-7-18(17-13)9-14(19)21-2/h4-8H,9H2,1-3H3,(H,16,17,20). The van der Waals surface area contributed by atoms with E-state index < -0.39 is 5.97 Å². The number of aromatic nitrogens is 2.